The molecule has 0 atom stereocenters. The minimum atomic E-state index is -0.595. The maximum atomic E-state index is 11.6. The first kappa shape index (κ1) is 12.7. The van der Waals surface area contributed by atoms with Crippen molar-refractivity contribution in [1.29, 1.82) is 0 Å². The van der Waals surface area contributed by atoms with Crippen LogP contribution in [-0.2, 0) is 9.53 Å². The SMILES string of the molecule is Nc1ccc(C(=O)OCC(=O)NC2CC2)cc1Cl. The maximum absolute atomic E-state index is 11.6. The molecule has 1 fully saturated rings. The number of anilines is 1. The summed E-state index contributed by atoms with van der Waals surface area (Å²) in [6.45, 7) is -0.280. The van der Waals surface area contributed by atoms with Crippen molar-refractivity contribution in [3.63, 3.8) is 0 Å². The van der Waals surface area contributed by atoms with Gasteiger partial charge in [0.2, 0.25) is 0 Å². The lowest BCUT2D eigenvalue weighted by atomic mass is 10.2. The molecule has 6 heteroatoms. The summed E-state index contributed by atoms with van der Waals surface area (Å²) >= 11 is 5.79. The minimum Gasteiger partial charge on any atom is -0.452 e. The van der Waals surface area contributed by atoms with Crippen molar-refractivity contribution < 1.29 is 14.3 Å². The molecule has 0 radical (unpaired) electrons. The third kappa shape index (κ3) is 3.37. The molecule has 0 aromatic heterocycles. The van der Waals surface area contributed by atoms with E-state index in [1.807, 2.05) is 0 Å². The largest absolute Gasteiger partial charge is 0.452 e. The highest BCUT2D eigenvalue weighted by Crippen LogP contribution is 2.20. The first-order chi connectivity index (χ1) is 8.56. The summed E-state index contributed by atoms with van der Waals surface area (Å²) in [6, 6.07) is 4.69. The number of hydrogen-bond acceptors (Lipinski definition) is 4. The molecular weight excluding hydrogens is 256 g/mol. The van der Waals surface area contributed by atoms with E-state index < -0.39 is 5.97 Å². The Bertz CT molecular complexity index is 486. The summed E-state index contributed by atoms with van der Waals surface area (Å²) < 4.78 is 4.86. The van der Waals surface area contributed by atoms with Crippen LogP contribution < -0.4 is 11.1 Å². The van der Waals surface area contributed by atoms with Crippen LogP contribution in [0, 0.1) is 0 Å². The molecule has 0 unspecified atom stereocenters. The van der Waals surface area contributed by atoms with E-state index in [9.17, 15) is 9.59 Å². The number of nitrogens with two attached hydrogens (primary N) is 1. The molecule has 0 heterocycles. The van der Waals surface area contributed by atoms with Gasteiger partial charge in [0, 0.05) is 6.04 Å². The molecule has 2 rings (SSSR count). The van der Waals surface area contributed by atoms with Gasteiger partial charge in [-0.1, -0.05) is 11.6 Å². The Morgan fingerprint density at radius 1 is 1.44 bits per heavy atom. The van der Waals surface area contributed by atoms with Crippen LogP contribution in [0.5, 0.6) is 0 Å². The van der Waals surface area contributed by atoms with Gasteiger partial charge < -0.3 is 15.8 Å². The quantitative estimate of drug-likeness (QED) is 0.638. The molecule has 0 bridgehead atoms. The highest BCUT2D eigenvalue weighted by atomic mass is 35.5. The Labute approximate surface area is 109 Å². The summed E-state index contributed by atoms with van der Waals surface area (Å²) in [5.74, 6) is -0.879. The van der Waals surface area contributed by atoms with Crippen molar-refractivity contribution in [2.75, 3.05) is 12.3 Å². The van der Waals surface area contributed by atoms with Crippen LogP contribution in [0.3, 0.4) is 0 Å². The number of benzene rings is 1. The number of halogens is 1. The number of nitrogen functional groups attached to an aromatic ring is 1. The fraction of sp³-hybridized carbons (Fsp3) is 0.333. The molecule has 1 saturated carbocycles. The van der Waals surface area contributed by atoms with Gasteiger partial charge in [0.05, 0.1) is 16.3 Å². The lowest BCUT2D eigenvalue weighted by Crippen LogP contribution is -2.30. The number of hydrogen-bond donors (Lipinski definition) is 2. The Morgan fingerprint density at radius 2 is 2.17 bits per heavy atom. The summed E-state index contributed by atoms with van der Waals surface area (Å²) in [5.41, 5.74) is 6.18. The number of nitrogens with one attached hydrogen (secondary N) is 1. The monoisotopic (exact) mass is 268 g/mol. The second-order valence-electron chi connectivity index (χ2n) is 4.15. The van der Waals surface area contributed by atoms with Gasteiger partial charge in [0.15, 0.2) is 6.61 Å². The van der Waals surface area contributed by atoms with Crippen LogP contribution in [0.4, 0.5) is 5.69 Å². The fourth-order valence-electron chi connectivity index (χ4n) is 1.37. The van der Waals surface area contributed by atoms with E-state index in [2.05, 4.69) is 5.32 Å². The minimum absolute atomic E-state index is 0.252. The molecule has 5 nitrogen and oxygen atoms in total. The smallest absolute Gasteiger partial charge is 0.338 e. The average molecular weight is 269 g/mol. The Hall–Kier alpha value is -1.75. The number of esters is 1. The normalized spacial score (nSPS) is 14.1. The lowest BCUT2D eigenvalue weighted by molar-refractivity contribution is -0.124. The molecular formula is C12H13ClN2O3. The zero-order chi connectivity index (χ0) is 13.1. The van der Waals surface area contributed by atoms with Crippen molar-refractivity contribution in [3.05, 3.63) is 28.8 Å². The number of carbonyl (C=O) groups is 2. The predicted octanol–water partition coefficient (Wildman–Crippen LogP) is 1.36. The zero-order valence-corrected chi connectivity index (χ0v) is 10.4. The number of ether oxygens (including phenoxy) is 1. The number of amides is 1. The second kappa shape index (κ2) is 5.27. The fourth-order valence-corrected chi connectivity index (χ4v) is 1.55. The van der Waals surface area contributed by atoms with Gasteiger partial charge in [0.1, 0.15) is 0 Å². The van der Waals surface area contributed by atoms with Crippen molar-refractivity contribution in [2.45, 2.75) is 18.9 Å². The summed E-state index contributed by atoms with van der Waals surface area (Å²) in [6.07, 6.45) is 1.99. The molecule has 1 aromatic rings. The van der Waals surface area contributed by atoms with Crippen LogP contribution >= 0.6 is 11.6 Å². The average Bonchev–Trinajstić information content (AvgIpc) is 3.13. The van der Waals surface area contributed by atoms with Gasteiger partial charge in [-0.25, -0.2) is 4.79 Å². The highest BCUT2D eigenvalue weighted by Gasteiger charge is 2.23. The molecule has 1 aromatic carbocycles. The third-order valence-electron chi connectivity index (χ3n) is 2.51. The van der Waals surface area contributed by atoms with E-state index >= 15 is 0 Å². The standard InChI is InChI=1S/C12H13ClN2O3/c13-9-5-7(1-4-10(9)14)12(17)18-6-11(16)15-8-2-3-8/h1,4-5,8H,2-3,6,14H2,(H,15,16). The maximum Gasteiger partial charge on any atom is 0.338 e. The topological polar surface area (TPSA) is 81.4 Å². The van der Waals surface area contributed by atoms with Gasteiger partial charge in [-0.05, 0) is 31.0 Å². The molecule has 1 amide bonds. The summed E-state index contributed by atoms with van der Waals surface area (Å²) in [4.78, 5) is 22.9. The zero-order valence-electron chi connectivity index (χ0n) is 9.61. The Morgan fingerprint density at radius 3 is 2.78 bits per heavy atom. The van der Waals surface area contributed by atoms with E-state index in [-0.39, 0.29) is 29.1 Å². The van der Waals surface area contributed by atoms with Gasteiger partial charge in [-0.3, -0.25) is 4.79 Å². The van der Waals surface area contributed by atoms with Crippen LogP contribution in [0.25, 0.3) is 0 Å². The molecule has 96 valence electrons. The van der Waals surface area contributed by atoms with E-state index in [1.54, 1.807) is 0 Å². The van der Waals surface area contributed by atoms with Crippen LogP contribution in [0.15, 0.2) is 18.2 Å². The molecule has 3 N–H and O–H groups in total. The van der Waals surface area contributed by atoms with Crippen molar-refractivity contribution >= 4 is 29.2 Å². The second-order valence-corrected chi connectivity index (χ2v) is 4.56. The highest BCUT2D eigenvalue weighted by molar-refractivity contribution is 6.33. The molecule has 1 aliphatic carbocycles. The summed E-state index contributed by atoms with van der Waals surface area (Å²) in [7, 11) is 0. The van der Waals surface area contributed by atoms with Crippen molar-refractivity contribution in [1.82, 2.24) is 5.32 Å². The van der Waals surface area contributed by atoms with Crippen LogP contribution in [0.1, 0.15) is 23.2 Å². The van der Waals surface area contributed by atoms with Crippen molar-refractivity contribution in [2.24, 2.45) is 0 Å². The van der Waals surface area contributed by atoms with E-state index in [0.29, 0.717) is 5.69 Å². The first-order valence-corrected chi connectivity index (χ1v) is 5.95. The lowest BCUT2D eigenvalue weighted by Gasteiger charge is -2.06. The number of carbonyl (C=O) groups excluding carboxylic acids is 2. The van der Waals surface area contributed by atoms with Crippen molar-refractivity contribution in [3.8, 4) is 0 Å². The Kier molecular flexibility index (Phi) is 3.72. The van der Waals surface area contributed by atoms with E-state index in [0.717, 1.165) is 12.8 Å². The third-order valence-corrected chi connectivity index (χ3v) is 2.84. The van der Waals surface area contributed by atoms with Crippen LogP contribution in [-0.4, -0.2) is 24.5 Å². The first-order valence-electron chi connectivity index (χ1n) is 5.58. The van der Waals surface area contributed by atoms with E-state index in [1.165, 1.54) is 18.2 Å². The molecule has 18 heavy (non-hydrogen) atoms. The van der Waals surface area contributed by atoms with Gasteiger partial charge >= 0.3 is 5.97 Å². The predicted molar refractivity (Wildman–Crippen MR) is 67.3 cm³/mol. The Balaban J connectivity index is 1.86. The summed E-state index contributed by atoms with van der Waals surface area (Å²) in [5, 5.41) is 3.00. The van der Waals surface area contributed by atoms with E-state index in [4.69, 9.17) is 22.1 Å². The van der Waals surface area contributed by atoms with Gasteiger partial charge in [0.25, 0.3) is 5.91 Å². The molecule has 0 spiro atoms. The molecule has 0 saturated heterocycles. The van der Waals surface area contributed by atoms with Gasteiger partial charge in [-0.15, -0.1) is 0 Å². The van der Waals surface area contributed by atoms with Crippen LogP contribution in [0.2, 0.25) is 5.02 Å². The molecule has 1 aliphatic rings. The molecule has 0 aliphatic heterocycles. The van der Waals surface area contributed by atoms with Gasteiger partial charge in [-0.2, -0.15) is 0 Å². The number of rotatable bonds is 4.